The van der Waals surface area contributed by atoms with Crippen LogP contribution in [0.15, 0.2) is 106 Å². The van der Waals surface area contributed by atoms with Crippen molar-refractivity contribution >= 4 is 111 Å². The van der Waals surface area contributed by atoms with Crippen LogP contribution in [-0.4, -0.2) is 336 Å². The van der Waals surface area contributed by atoms with Gasteiger partial charge in [-0.15, -0.1) is 0 Å². The van der Waals surface area contributed by atoms with Crippen LogP contribution in [0.25, 0.3) is 10.9 Å². The van der Waals surface area contributed by atoms with Crippen LogP contribution in [-0.2, 0) is 122 Å². The summed E-state index contributed by atoms with van der Waals surface area (Å²) < 4.78 is 0. The number of carboxylic acids is 1. The lowest BCUT2D eigenvalue weighted by Crippen LogP contribution is -2.63. The van der Waals surface area contributed by atoms with E-state index in [1.54, 1.807) is 24.3 Å². The quantitative estimate of drug-likeness (QED) is 0.00956. The predicted octanol–water partition coefficient (Wildman–Crippen LogP) is -10.4. The van der Waals surface area contributed by atoms with Crippen molar-refractivity contribution in [3.63, 3.8) is 0 Å². The smallest absolute Gasteiger partial charge is 0.326 e. The number of hydrogen-bond acceptors (Lipinski definition) is 28. The Morgan fingerprint density at radius 3 is 1.23 bits per heavy atom. The molecule has 53 heteroatoms. The number of nitrogens with two attached hydrogens (primary N) is 3. The van der Waals surface area contributed by atoms with Gasteiger partial charge in [-0.3, -0.25) is 77.3 Å². The number of aliphatic hydroxyl groups excluding tert-OH is 4. The van der Waals surface area contributed by atoms with Crippen molar-refractivity contribution in [2.45, 2.75) is 207 Å². The number of carbonyl (C=O) groups is 16. The van der Waals surface area contributed by atoms with E-state index in [9.17, 15) is 97.5 Å². The van der Waals surface area contributed by atoms with E-state index in [2.05, 4.69) is 134 Å². The molecule has 0 saturated carbocycles. The number of likely N-dealkylation sites (tertiary alicyclic amines) is 2. The molecule has 134 heavy (non-hydrogen) atoms. The average molecular weight is 1870 g/mol. The molecule has 0 radical (unpaired) electrons. The van der Waals surface area contributed by atoms with E-state index in [0.717, 1.165) is 23.6 Å². The highest BCUT2D eigenvalue weighted by atomic mass is 16.4. The second-order valence-electron chi connectivity index (χ2n) is 32.2. The summed E-state index contributed by atoms with van der Waals surface area (Å²) in [6, 6.07) is -17.8. The number of imidazole rings is 6. The third-order valence-electron chi connectivity index (χ3n) is 22.2. The van der Waals surface area contributed by atoms with E-state index in [-0.39, 0.29) is 120 Å². The summed E-state index contributed by atoms with van der Waals surface area (Å²) >= 11 is 0. The molecular formula is C81H110N32O21. The lowest BCUT2D eigenvalue weighted by Gasteiger charge is -2.31. The summed E-state index contributed by atoms with van der Waals surface area (Å²) in [4.78, 5) is 274. The van der Waals surface area contributed by atoms with Crippen LogP contribution in [0, 0.1) is 5.41 Å². The molecule has 53 nitrogen and oxygen atoms in total. The maximum Gasteiger partial charge on any atom is 0.326 e. The first-order valence-electron chi connectivity index (χ1n) is 42.7. The predicted molar refractivity (Wildman–Crippen MR) is 464 cm³/mol. The highest BCUT2D eigenvalue weighted by molar-refractivity contribution is 6.02. The number of amides is 15. The van der Waals surface area contributed by atoms with E-state index in [0.29, 0.717) is 33.5 Å². The molecule has 8 aromatic rings. The van der Waals surface area contributed by atoms with Crippen molar-refractivity contribution in [1.29, 1.82) is 5.41 Å². The molecule has 0 spiro atoms. The minimum Gasteiger partial charge on any atom is -0.480 e. The number of aromatic nitrogens is 13. The van der Waals surface area contributed by atoms with Crippen molar-refractivity contribution in [2.75, 3.05) is 32.8 Å². The number of guanidine groups is 1. The number of carboxylic acid groups (broad SMARTS) is 1. The number of rotatable bonds is 51. The molecule has 9 heterocycles. The molecule has 2 saturated heterocycles. The van der Waals surface area contributed by atoms with Crippen LogP contribution in [0.4, 0.5) is 0 Å². The molecule has 15 amide bonds. The number of aromatic amines is 7. The molecular weight excluding hydrogens is 1760 g/mol. The van der Waals surface area contributed by atoms with Gasteiger partial charge in [0.25, 0.3) is 0 Å². The zero-order valence-corrected chi connectivity index (χ0v) is 72.6. The summed E-state index contributed by atoms with van der Waals surface area (Å²) in [5.41, 5.74) is 20.3. The maximum absolute atomic E-state index is 15.1. The number of fused-ring (bicyclic) bond motifs is 1. The van der Waals surface area contributed by atoms with Gasteiger partial charge in [0.05, 0.1) is 75.8 Å². The van der Waals surface area contributed by atoms with Gasteiger partial charge in [0.15, 0.2) is 5.96 Å². The molecule has 1 aromatic carbocycles. The van der Waals surface area contributed by atoms with Gasteiger partial charge in [-0.1, -0.05) is 18.2 Å². The Kier molecular flexibility index (Phi) is 36.5. The Balaban J connectivity index is 0.798. The third kappa shape index (κ3) is 28.6. The highest BCUT2D eigenvalue weighted by Gasteiger charge is 2.45. The summed E-state index contributed by atoms with van der Waals surface area (Å²) in [5, 5.41) is 94.2. The van der Waals surface area contributed by atoms with Crippen LogP contribution in [0.2, 0.25) is 0 Å². The normalized spacial score (nSPS) is 16.9. The van der Waals surface area contributed by atoms with Crippen LogP contribution in [0.1, 0.15) is 98.5 Å². The topological polar surface area (TPSA) is 827 Å². The summed E-state index contributed by atoms with van der Waals surface area (Å²) in [6.07, 6.45) is 11.2. The van der Waals surface area contributed by atoms with Gasteiger partial charge >= 0.3 is 5.97 Å². The second kappa shape index (κ2) is 48.5. The van der Waals surface area contributed by atoms with Crippen LogP contribution < -0.4 is 86.3 Å². The van der Waals surface area contributed by atoms with Crippen LogP contribution >= 0.6 is 0 Å². The molecule has 10 rings (SSSR count). The first-order valence-corrected chi connectivity index (χ1v) is 42.7. The molecule has 2 fully saturated rings. The Bertz CT molecular complexity index is 5320. The number of carbonyl (C=O) groups excluding carboxylic acids is 15. The maximum atomic E-state index is 15.1. The van der Waals surface area contributed by atoms with Crippen molar-refractivity contribution in [2.24, 2.45) is 17.2 Å². The number of para-hydroxylation sites is 1. The molecule has 0 bridgehead atoms. The number of nitrogens with one attached hydrogen (secondary N) is 21. The van der Waals surface area contributed by atoms with Gasteiger partial charge < -0.3 is 157 Å². The monoisotopic (exact) mass is 1870 g/mol. The number of H-pyrrole nitrogens is 7. The molecule has 2 aliphatic rings. The first kappa shape index (κ1) is 101. The van der Waals surface area contributed by atoms with E-state index >= 15 is 4.79 Å². The van der Waals surface area contributed by atoms with Gasteiger partial charge in [0, 0.05) is 153 Å². The lowest BCUT2D eigenvalue weighted by molar-refractivity contribution is -0.144. The lowest BCUT2D eigenvalue weighted by atomic mass is 10.0. The van der Waals surface area contributed by atoms with Crippen molar-refractivity contribution < 1.29 is 102 Å². The highest BCUT2D eigenvalue weighted by Crippen LogP contribution is 2.24. The molecule has 0 aliphatic carbocycles. The number of aliphatic carboxylic acids is 1. The fourth-order valence-corrected chi connectivity index (χ4v) is 15.2. The zero-order chi connectivity index (χ0) is 96.8. The second-order valence-corrected chi connectivity index (χ2v) is 32.2. The summed E-state index contributed by atoms with van der Waals surface area (Å²) in [7, 11) is 0. The molecule has 2 aliphatic heterocycles. The number of aliphatic hydroxyl groups is 4. The standard InChI is InChI=1S/C81H110N32O21/c1-39(116)64(76(129)105-54(19-44-27-88-35-96-44)69(122)107-58(80(133)134)22-47-30-91-38-99-47)111-72(125)55(20-45-28-89-36-97-45)104-74(127)61-11-6-14-112(61)78(131)57(21-46-29-90-37-98-46)106-70(123)56(23-63(83)118)102-68(121)53(18-43-26-87-34-95-43)103-75(128)62-12-7-15-113(62)79(132)60(32-115)109-77(130)65(40(2)117)110-71(124)52(16-41-24-93-50-9-4-3-8-48(41)50)101-73(126)59(31-114)108-67(120)51(10-5-13-92-81(84)85)100-66(119)49(82)17-42-25-86-33-94-42/h3-4,8-9,24-30,33-40,49,51-62,64-65,93,114-117H,5-7,10-23,31-32,82H2,1-2H3,(H2,83,118)(H,86,94)(H,87,95)(H,88,96)(H,89,97)(H,90,98)(H,91,99)(H,100,119)(H,101,126)(H,102,121)(H,103,128)(H,104,127)(H,105,129)(H,106,123)(H,107,122)(H,108,120)(H,109,130)(H,110,124)(H,111,125)(H,133,134)(H4,84,85,92)/t39-,40-,49+,51+,52+,53+,54+,55+,56+,57+,58+,59+,60+,61+,62+,64+,65+/m1/s1. The summed E-state index contributed by atoms with van der Waals surface area (Å²) in [6.45, 7) is -0.206. The Hall–Kier alpha value is -15.4. The minimum atomic E-state index is -1.98. The fraction of sp³-hybridized carbons (Fsp3) is 0.469. The van der Waals surface area contributed by atoms with E-state index < -0.39 is 223 Å². The summed E-state index contributed by atoms with van der Waals surface area (Å²) in [5.74, 6) is -17.7. The molecule has 7 aromatic heterocycles. The molecule has 720 valence electrons. The van der Waals surface area contributed by atoms with Gasteiger partial charge in [-0.05, 0) is 64.0 Å². The van der Waals surface area contributed by atoms with Gasteiger partial charge in [0.1, 0.15) is 84.6 Å². The number of primary amides is 1. The van der Waals surface area contributed by atoms with Crippen molar-refractivity contribution in [3.05, 3.63) is 145 Å². The minimum absolute atomic E-state index is 0.0150. The molecule has 32 N–H and O–H groups in total. The third-order valence-corrected chi connectivity index (χ3v) is 22.2. The SMILES string of the molecule is C[C@@H](O)[C@H](NC(=O)[C@H](Cc1cnc[nH]1)NC(=O)[C@@H]1CCCN1C(=O)[C@H](Cc1cnc[nH]1)NC(=O)[C@H](CC(N)=O)NC(=O)[C@H](Cc1cnc[nH]1)NC(=O)[C@@H]1CCCN1C(=O)[C@H](CO)NC(=O)[C@@H](NC(=O)[C@H](Cc1c[nH]c2ccccc12)NC(=O)[C@H](CO)NC(=O)[C@H](CCCNC(=N)N)NC(=O)[C@@H](N)Cc1cnc[nH]1)[C@@H](C)O)C(=O)N[C@@H](Cc1cnc[nH]1)C(=O)N[C@@H](Cc1cnc[nH]1)C(=O)O. The molecule has 0 unspecified atom stereocenters. The fourth-order valence-electron chi connectivity index (χ4n) is 15.2. The van der Waals surface area contributed by atoms with E-state index in [1.807, 2.05) is 0 Å². The van der Waals surface area contributed by atoms with E-state index in [1.165, 1.54) is 81.3 Å². The largest absolute Gasteiger partial charge is 0.480 e. The molecule has 17 atom stereocenters. The van der Waals surface area contributed by atoms with E-state index in [4.69, 9.17) is 22.6 Å². The first-order chi connectivity index (χ1) is 64.1. The van der Waals surface area contributed by atoms with Gasteiger partial charge in [-0.25, -0.2) is 34.7 Å². The van der Waals surface area contributed by atoms with Crippen LogP contribution in [0.5, 0.6) is 0 Å². The Labute approximate surface area is 761 Å². The average Bonchev–Trinajstić information content (AvgIpc) is 1.70. The Morgan fingerprint density at radius 1 is 0.433 bits per heavy atom. The number of hydrogen-bond donors (Lipinski definition) is 29. The van der Waals surface area contributed by atoms with Crippen LogP contribution in [0.3, 0.4) is 0 Å². The number of benzene rings is 1. The van der Waals surface area contributed by atoms with Gasteiger partial charge in [0.2, 0.25) is 88.6 Å². The van der Waals surface area contributed by atoms with Crippen molar-refractivity contribution in [1.82, 2.24) is 144 Å². The van der Waals surface area contributed by atoms with Crippen molar-refractivity contribution in [3.8, 4) is 0 Å². The number of nitrogens with zero attached hydrogens (tertiary/aromatic N) is 8. The zero-order valence-electron chi connectivity index (χ0n) is 72.6. The Morgan fingerprint density at radius 2 is 0.791 bits per heavy atom. The van der Waals surface area contributed by atoms with Gasteiger partial charge in [-0.2, -0.15) is 0 Å².